The Balaban J connectivity index is 1.31. The van der Waals surface area contributed by atoms with Gasteiger partial charge in [0, 0.05) is 5.92 Å². The first-order valence-electron chi connectivity index (χ1n) is 18.2. The molecule has 0 aromatic heterocycles. The van der Waals surface area contributed by atoms with Gasteiger partial charge in [0.15, 0.2) is 35.4 Å². The molecule has 1 saturated carbocycles. The average Bonchev–Trinajstić information content (AvgIpc) is 3.47. The molecule has 4 aliphatic rings. The molecule has 2 aromatic carbocycles. The summed E-state index contributed by atoms with van der Waals surface area (Å²) in [6.45, 7) is -2.71. The van der Waals surface area contributed by atoms with E-state index in [9.17, 15) is 65.8 Å². The van der Waals surface area contributed by atoms with Crippen LogP contribution in [-0.4, -0.2) is 188 Å². The highest BCUT2D eigenvalue weighted by Gasteiger charge is 2.67. The summed E-state index contributed by atoms with van der Waals surface area (Å²) in [7, 11) is 2.44. The Labute approximate surface area is 334 Å². The van der Waals surface area contributed by atoms with Gasteiger partial charge in [-0.05, 0) is 42.5 Å². The summed E-state index contributed by atoms with van der Waals surface area (Å²) < 4.78 is 50.1. The van der Waals surface area contributed by atoms with Crippen LogP contribution in [-0.2, 0) is 28.4 Å². The summed E-state index contributed by atoms with van der Waals surface area (Å²) in [6.07, 6.45) is -19.7. The van der Waals surface area contributed by atoms with E-state index in [1.807, 2.05) is 0 Å². The predicted octanol–water partition coefficient (Wildman–Crippen LogP) is -4.00. The smallest absolute Gasteiger partial charge is 0.338 e. The lowest BCUT2D eigenvalue weighted by Gasteiger charge is -2.43. The Bertz CT molecular complexity index is 1820. The molecule has 22 nitrogen and oxygen atoms in total. The first-order chi connectivity index (χ1) is 28.1. The van der Waals surface area contributed by atoms with Gasteiger partial charge in [-0.3, -0.25) is 0 Å². The van der Waals surface area contributed by atoms with Crippen molar-refractivity contribution in [3.8, 4) is 23.0 Å². The van der Waals surface area contributed by atoms with E-state index in [4.69, 9.17) is 42.6 Å². The number of hydrogen-bond donors (Lipinski definition) is 11. The number of benzene rings is 2. The van der Waals surface area contributed by atoms with Gasteiger partial charge in [0.05, 0.1) is 57.3 Å². The predicted molar refractivity (Wildman–Crippen MR) is 188 cm³/mol. The first-order valence-corrected chi connectivity index (χ1v) is 18.2. The number of carbonyl (C=O) groups is 2. The molecule has 6 rings (SSSR count). The zero-order valence-electron chi connectivity index (χ0n) is 31.3. The van der Waals surface area contributed by atoms with E-state index in [0.717, 1.165) is 24.5 Å². The molecule has 0 amide bonds. The molecule has 2 aromatic rings. The summed E-state index contributed by atoms with van der Waals surface area (Å²) in [5, 5.41) is 114. The van der Waals surface area contributed by atoms with Gasteiger partial charge in [0.2, 0.25) is 12.6 Å². The molecule has 0 unspecified atom stereocenters. The van der Waals surface area contributed by atoms with Gasteiger partial charge in [0.25, 0.3) is 0 Å². The fraction of sp³-hybridized carbons (Fsp3) is 0.568. The molecule has 3 fully saturated rings. The van der Waals surface area contributed by atoms with Gasteiger partial charge in [-0.25, -0.2) is 9.59 Å². The molecule has 16 atom stereocenters. The van der Waals surface area contributed by atoms with E-state index in [2.05, 4.69) is 0 Å². The lowest BCUT2D eigenvalue weighted by molar-refractivity contribution is -0.348. The lowest BCUT2D eigenvalue weighted by Crippen LogP contribution is -2.61. The number of phenols is 1. The normalized spacial score (nSPS) is 37.8. The Morgan fingerprint density at radius 3 is 1.85 bits per heavy atom. The van der Waals surface area contributed by atoms with Crippen LogP contribution in [0.3, 0.4) is 0 Å². The summed E-state index contributed by atoms with van der Waals surface area (Å²) in [5.41, 5.74) is -2.99. The molecule has 22 heteroatoms. The monoisotopic (exact) mass is 842 g/mol. The van der Waals surface area contributed by atoms with Crippen LogP contribution >= 0.6 is 0 Å². The maximum Gasteiger partial charge on any atom is 0.338 e. The van der Waals surface area contributed by atoms with Crippen molar-refractivity contribution >= 4 is 11.9 Å². The molecular weight excluding hydrogens is 796 g/mol. The number of rotatable bonds is 13. The fourth-order valence-electron chi connectivity index (χ4n) is 7.45. The number of methoxy groups -OCH3 is 2. The zero-order valence-corrected chi connectivity index (χ0v) is 31.3. The van der Waals surface area contributed by atoms with E-state index in [1.54, 1.807) is 0 Å². The first kappa shape index (κ1) is 44.2. The highest BCUT2D eigenvalue weighted by molar-refractivity contribution is 5.91. The highest BCUT2D eigenvalue weighted by atomic mass is 16.8. The number of ether oxygens (including phenoxy) is 9. The number of carbonyl (C=O) groups excluding carboxylic acids is 2. The maximum atomic E-state index is 13.9. The second-order valence-corrected chi connectivity index (χ2v) is 14.2. The Hall–Kier alpha value is -4.40. The third kappa shape index (κ3) is 8.37. The van der Waals surface area contributed by atoms with Crippen molar-refractivity contribution in [1.82, 2.24) is 0 Å². The zero-order chi connectivity index (χ0) is 42.9. The number of esters is 2. The minimum atomic E-state index is -2.59. The second kappa shape index (κ2) is 18.1. The molecular formula is C37H46O22. The topological polar surface area (TPSA) is 340 Å². The SMILES string of the molecule is COc1cc(C(=O)O[C@H]2[C@@H]3C=CO[C@@H](O[C@@H]4O[C@H](CO)[C@@H](O)[C@H](O)[C@H]4O)[C@@H]3[C@](O)(CO)[C@@H]2OC(=O)c2ccc(O[C@@H]3O[C@H](CO)[C@@H](O)[C@H](O)[C@H]3O)c(OC)c2)ccc1O. The van der Waals surface area contributed by atoms with E-state index in [1.165, 1.54) is 38.5 Å². The third-order valence-electron chi connectivity index (χ3n) is 10.7. The van der Waals surface area contributed by atoms with Crippen molar-refractivity contribution in [3.05, 3.63) is 59.9 Å². The summed E-state index contributed by atoms with van der Waals surface area (Å²) in [5.74, 6) is -5.61. The lowest BCUT2D eigenvalue weighted by atomic mass is 9.83. The Kier molecular flexibility index (Phi) is 13.5. The van der Waals surface area contributed by atoms with Crippen LogP contribution in [0.5, 0.6) is 23.0 Å². The van der Waals surface area contributed by atoms with Crippen LogP contribution in [0.4, 0.5) is 0 Å². The number of fused-ring (bicyclic) bond motifs is 1. The fourth-order valence-corrected chi connectivity index (χ4v) is 7.45. The second-order valence-electron chi connectivity index (χ2n) is 14.2. The van der Waals surface area contributed by atoms with Crippen LogP contribution < -0.4 is 14.2 Å². The number of aromatic hydroxyl groups is 1. The van der Waals surface area contributed by atoms with Gasteiger partial charge >= 0.3 is 11.9 Å². The molecule has 326 valence electrons. The number of aliphatic hydroxyl groups excluding tert-OH is 9. The van der Waals surface area contributed by atoms with Crippen LogP contribution in [0.1, 0.15) is 20.7 Å². The van der Waals surface area contributed by atoms with Crippen molar-refractivity contribution in [2.24, 2.45) is 11.8 Å². The van der Waals surface area contributed by atoms with Gasteiger partial charge < -0.3 is 98.8 Å². The Morgan fingerprint density at radius 1 is 0.695 bits per heavy atom. The van der Waals surface area contributed by atoms with Gasteiger partial charge in [0.1, 0.15) is 60.5 Å². The summed E-state index contributed by atoms with van der Waals surface area (Å²) >= 11 is 0. The van der Waals surface area contributed by atoms with Crippen LogP contribution in [0.2, 0.25) is 0 Å². The minimum Gasteiger partial charge on any atom is -0.504 e. The summed E-state index contributed by atoms with van der Waals surface area (Å²) in [6, 6.07) is 7.01. The largest absolute Gasteiger partial charge is 0.504 e. The molecule has 0 bridgehead atoms. The molecule has 3 heterocycles. The Morgan fingerprint density at radius 2 is 1.25 bits per heavy atom. The minimum absolute atomic E-state index is 0.0922. The van der Waals surface area contributed by atoms with Crippen LogP contribution in [0, 0.1) is 11.8 Å². The highest BCUT2D eigenvalue weighted by Crippen LogP contribution is 2.50. The molecule has 3 aliphatic heterocycles. The van der Waals surface area contributed by atoms with E-state index in [-0.39, 0.29) is 34.1 Å². The van der Waals surface area contributed by atoms with Crippen LogP contribution in [0.15, 0.2) is 48.7 Å². The van der Waals surface area contributed by atoms with Crippen molar-refractivity contribution in [2.75, 3.05) is 34.0 Å². The van der Waals surface area contributed by atoms with E-state index in [0.29, 0.717) is 0 Å². The molecule has 59 heavy (non-hydrogen) atoms. The van der Waals surface area contributed by atoms with Gasteiger partial charge in [-0.15, -0.1) is 0 Å². The third-order valence-corrected chi connectivity index (χ3v) is 10.7. The van der Waals surface area contributed by atoms with Crippen molar-refractivity contribution < 1.29 is 108 Å². The number of aliphatic hydroxyl groups is 10. The van der Waals surface area contributed by atoms with Gasteiger partial charge in [-0.2, -0.15) is 0 Å². The number of hydrogen-bond acceptors (Lipinski definition) is 22. The maximum absolute atomic E-state index is 13.9. The van der Waals surface area contributed by atoms with Crippen molar-refractivity contribution in [1.29, 1.82) is 0 Å². The molecule has 0 spiro atoms. The molecule has 2 saturated heterocycles. The van der Waals surface area contributed by atoms with Crippen molar-refractivity contribution in [3.63, 3.8) is 0 Å². The quantitative estimate of drug-likeness (QED) is 0.0856. The standard InChI is InChI=1S/C37H46O22/c1-51-19-9-14(3-5-17(19)41)32(48)57-30-16-7-8-53-34(59-36-29(47)27(45)25(43)22(12-39)56-36)23(16)37(50,13-40)31(30)58-33(49)15-4-6-18(20(10-15)52-2)54-35-28(46)26(44)24(42)21(11-38)55-35/h3-10,16,21-31,34-36,38-47,50H,11-13H2,1-2H3/t16-,21-,22-,23-,24-,25-,26+,27+,28-,29-,30+,31-,34+,35-,36+,37-/m1/s1. The molecule has 11 N–H and O–H groups in total. The molecule has 1 aliphatic carbocycles. The van der Waals surface area contributed by atoms with Crippen LogP contribution in [0.25, 0.3) is 0 Å². The van der Waals surface area contributed by atoms with E-state index >= 15 is 0 Å². The van der Waals surface area contributed by atoms with Gasteiger partial charge in [-0.1, -0.05) is 0 Å². The summed E-state index contributed by atoms with van der Waals surface area (Å²) in [4.78, 5) is 27.6. The number of phenolic OH excluding ortho intramolecular Hbond substituents is 1. The van der Waals surface area contributed by atoms with Crippen molar-refractivity contribution in [2.45, 2.75) is 85.5 Å². The molecule has 0 radical (unpaired) electrons. The average molecular weight is 843 g/mol. The van der Waals surface area contributed by atoms with E-state index < -0.39 is 129 Å².